The predicted octanol–water partition coefficient (Wildman–Crippen LogP) is 3.93. The molecule has 0 saturated heterocycles. The van der Waals surface area contributed by atoms with Crippen LogP contribution in [0.5, 0.6) is 5.75 Å². The molecule has 2 aromatic rings. The minimum absolute atomic E-state index is 0.0789. The van der Waals surface area contributed by atoms with Crippen molar-refractivity contribution in [2.75, 3.05) is 24.7 Å². The van der Waals surface area contributed by atoms with Crippen LogP contribution in [0.3, 0.4) is 0 Å². The minimum Gasteiger partial charge on any atom is -0.494 e. The van der Waals surface area contributed by atoms with Crippen LogP contribution in [0.4, 0.5) is 11.6 Å². The van der Waals surface area contributed by atoms with E-state index in [1.807, 2.05) is 49.6 Å². The smallest absolute Gasteiger partial charge is 0.259 e. The van der Waals surface area contributed by atoms with Crippen LogP contribution in [0.2, 0.25) is 0 Å². The Morgan fingerprint density at radius 1 is 1.14 bits per heavy atom. The van der Waals surface area contributed by atoms with Crippen molar-refractivity contribution < 1.29 is 4.74 Å². The number of benzene rings is 1. The van der Waals surface area contributed by atoms with Crippen molar-refractivity contribution in [1.29, 1.82) is 0 Å². The van der Waals surface area contributed by atoms with Gasteiger partial charge in [0.15, 0.2) is 0 Å². The third-order valence-corrected chi connectivity index (χ3v) is 5.21. The normalized spacial score (nSPS) is 14.4. The van der Waals surface area contributed by atoms with Gasteiger partial charge >= 0.3 is 0 Å². The van der Waals surface area contributed by atoms with Crippen LogP contribution in [-0.4, -0.2) is 34.3 Å². The summed E-state index contributed by atoms with van der Waals surface area (Å²) in [5.74, 6) is 2.20. The number of aryl methyl sites for hydroxylation is 1. The van der Waals surface area contributed by atoms with Crippen molar-refractivity contribution >= 4 is 11.6 Å². The molecule has 0 N–H and O–H groups in total. The van der Waals surface area contributed by atoms with Gasteiger partial charge in [0, 0.05) is 23.5 Å². The molecule has 0 fully saturated rings. The lowest BCUT2D eigenvalue weighted by Crippen LogP contribution is -2.48. The van der Waals surface area contributed by atoms with Crippen molar-refractivity contribution in [3.05, 3.63) is 45.9 Å². The zero-order valence-corrected chi connectivity index (χ0v) is 17.7. The van der Waals surface area contributed by atoms with E-state index in [1.54, 1.807) is 0 Å². The second-order valence-corrected chi connectivity index (χ2v) is 7.78. The monoisotopic (exact) mass is 384 g/mol. The molecule has 0 saturated carbocycles. The number of hydrogen-bond acceptors (Lipinski definition) is 5. The van der Waals surface area contributed by atoms with Gasteiger partial charge in [0.25, 0.3) is 5.56 Å². The van der Waals surface area contributed by atoms with Gasteiger partial charge in [-0.3, -0.25) is 19.2 Å². The van der Waals surface area contributed by atoms with E-state index in [0.717, 1.165) is 48.3 Å². The second-order valence-electron chi connectivity index (χ2n) is 7.78. The molecule has 6 heteroatoms. The summed E-state index contributed by atoms with van der Waals surface area (Å²) in [4.78, 5) is 22.4. The van der Waals surface area contributed by atoms with Crippen molar-refractivity contribution in [2.24, 2.45) is 5.92 Å². The third kappa shape index (κ3) is 4.22. The van der Waals surface area contributed by atoms with Crippen molar-refractivity contribution in [2.45, 2.75) is 54.1 Å². The molecular formula is C22H32N4O2. The van der Waals surface area contributed by atoms with Crippen LogP contribution < -0.4 is 15.2 Å². The van der Waals surface area contributed by atoms with Crippen molar-refractivity contribution in [3.8, 4) is 5.75 Å². The topological polar surface area (TPSA) is 50.6 Å². The van der Waals surface area contributed by atoms with Gasteiger partial charge in [-0.25, -0.2) is 4.98 Å². The molecule has 1 aliphatic heterocycles. The Balaban J connectivity index is 2.02. The average Bonchev–Trinajstić information content (AvgIpc) is 2.67. The Bertz CT molecular complexity index is 858. The zero-order valence-electron chi connectivity index (χ0n) is 17.7. The number of hydrogen-bond donors (Lipinski definition) is 0. The summed E-state index contributed by atoms with van der Waals surface area (Å²) in [7, 11) is 0. The highest BCUT2D eigenvalue weighted by atomic mass is 16.5. The SMILES string of the molecule is CCOc1ccc(N2CN(CCC(C)C)Cn3c2nc(C)c(CC)c3=O)cc1. The molecule has 0 spiro atoms. The summed E-state index contributed by atoms with van der Waals surface area (Å²) in [5.41, 5.74) is 2.73. The average molecular weight is 385 g/mol. The van der Waals surface area contributed by atoms with E-state index >= 15 is 0 Å². The lowest BCUT2D eigenvalue weighted by molar-refractivity contribution is 0.188. The molecule has 1 aliphatic rings. The molecule has 0 radical (unpaired) electrons. The molecule has 152 valence electrons. The maximum Gasteiger partial charge on any atom is 0.259 e. The lowest BCUT2D eigenvalue weighted by Gasteiger charge is -2.38. The molecule has 2 heterocycles. The summed E-state index contributed by atoms with van der Waals surface area (Å²) < 4.78 is 7.40. The maximum atomic E-state index is 13.1. The fourth-order valence-corrected chi connectivity index (χ4v) is 3.60. The quantitative estimate of drug-likeness (QED) is 0.724. The minimum atomic E-state index is 0.0789. The van der Waals surface area contributed by atoms with Crippen LogP contribution >= 0.6 is 0 Å². The number of fused-ring (bicyclic) bond motifs is 1. The largest absolute Gasteiger partial charge is 0.494 e. The highest BCUT2D eigenvalue weighted by molar-refractivity contribution is 5.59. The summed E-state index contributed by atoms with van der Waals surface area (Å²) in [6, 6.07) is 8.02. The lowest BCUT2D eigenvalue weighted by atomic mass is 10.1. The molecule has 6 nitrogen and oxygen atoms in total. The predicted molar refractivity (Wildman–Crippen MR) is 113 cm³/mol. The number of ether oxygens (including phenoxy) is 1. The number of anilines is 2. The van der Waals surface area contributed by atoms with Crippen LogP contribution in [0, 0.1) is 12.8 Å². The first-order chi connectivity index (χ1) is 13.4. The number of aromatic nitrogens is 2. The molecule has 1 aromatic heterocycles. The van der Waals surface area contributed by atoms with Gasteiger partial charge in [0.05, 0.1) is 19.9 Å². The Morgan fingerprint density at radius 3 is 2.46 bits per heavy atom. The van der Waals surface area contributed by atoms with Crippen LogP contribution in [0.15, 0.2) is 29.1 Å². The van der Waals surface area contributed by atoms with E-state index in [2.05, 4.69) is 23.6 Å². The molecule has 0 atom stereocenters. The van der Waals surface area contributed by atoms with E-state index < -0.39 is 0 Å². The van der Waals surface area contributed by atoms with Gasteiger partial charge in [-0.1, -0.05) is 20.8 Å². The molecule has 28 heavy (non-hydrogen) atoms. The van der Waals surface area contributed by atoms with E-state index in [1.165, 1.54) is 0 Å². The first-order valence-electron chi connectivity index (χ1n) is 10.3. The first-order valence-corrected chi connectivity index (χ1v) is 10.3. The Hall–Kier alpha value is -2.34. The summed E-state index contributed by atoms with van der Waals surface area (Å²) in [5, 5.41) is 0. The van der Waals surface area contributed by atoms with E-state index in [0.29, 0.717) is 25.6 Å². The van der Waals surface area contributed by atoms with Crippen LogP contribution in [-0.2, 0) is 13.1 Å². The number of rotatable bonds is 7. The Kier molecular flexibility index (Phi) is 6.39. The van der Waals surface area contributed by atoms with Gasteiger partial charge in [-0.05, 0) is 56.9 Å². The highest BCUT2D eigenvalue weighted by Crippen LogP contribution is 2.29. The molecule has 0 unspecified atom stereocenters. The molecule has 3 rings (SSSR count). The maximum absolute atomic E-state index is 13.1. The van der Waals surface area contributed by atoms with Gasteiger partial charge in [-0.15, -0.1) is 0 Å². The molecule has 0 aliphatic carbocycles. The molecule has 1 aromatic carbocycles. The van der Waals surface area contributed by atoms with Crippen LogP contribution in [0.1, 0.15) is 45.4 Å². The van der Waals surface area contributed by atoms with E-state index in [4.69, 9.17) is 9.72 Å². The summed E-state index contributed by atoms with van der Waals surface area (Å²) >= 11 is 0. The van der Waals surface area contributed by atoms with Gasteiger partial charge in [0.1, 0.15) is 5.75 Å². The molecular weight excluding hydrogens is 352 g/mol. The van der Waals surface area contributed by atoms with Crippen molar-refractivity contribution in [3.63, 3.8) is 0 Å². The standard InChI is InChI=1S/C22H32N4O2/c1-6-20-17(5)23-22-25(18-8-10-19(11-9-18)28-7-2)14-24(13-12-16(3)4)15-26(22)21(20)27/h8-11,16H,6-7,12-15H2,1-5H3. The van der Waals surface area contributed by atoms with Crippen LogP contribution in [0.25, 0.3) is 0 Å². The van der Waals surface area contributed by atoms with Gasteiger partial charge < -0.3 is 4.74 Å². The number of nitrogens with zero attached hydrogens (tertiary/aromatic N) is 4. The fourth-order valence-electron chi connectivity index (χ4n) is 3.60. The summed E-state index contributed by atoms with van der Waals surface area (Å²) in [6.45, 7) is 13.3. The first kappa shape index (κ1) is 20.4. The fraction of sp³-hybridized carbons (Fsp3) is 0.545. The van der Waals surface area contributed by atoms with E-state index in [9.17, 15) is 4.79 Å². The molecule has 0 amide bonds. The Labute approximate surface area is 167 Å². The Morgan fingerprint density at radius 2 is 1.86 bits per heavy atom. The van der Waals surface area contributed by atoms with Gasteiger partial charge in [-0.2, -0.15) is 0 Å². The zero-order chi connectivity index (χ0) is 20.3. The molecule has 0 bridgehead atoms. The van der Waals surface area contributed by atoms with Gasteiger partial charge in [0.2, 0.25) is 5.95 Å². The summed E-state index contributed by atoms with van der Waals surface area (Å²) in [6.07, 6.45) is 1.80. The third-order valence-electron chi connectivity index (χ3n) is 5.21. The highest BCUT2D eigenvalue weighted by Gasteiger charge is 2.27. The van der Waals surface area contributed by atoms with E-state index in [-0.39, 0.29) is 5.56 Å². The second kappa shape index (κ2) is 8.78. The van der Waals surface area contributed by atoms with Crippen molar-refractivity contribution in [1.82, 2.24) is 14.5 Å².